The van der Waals surface area contributed by atoms with Gasteiger partial charge < -0.3 is 21.1 Å². The largest absolute Gasteiger partial charge is 0.457 e. The van der Waals surface area contributed by atoms with E-state index in [0.717, 1.165) is 17.4 Å². The van der Waals surface area contributed by atoms with E-state index in [2.05, 4.69) is 5.32 Å². The number of anilines is 1. The predicted molar refractivity (Wildman–Crippen MR) is 102 cm³/mol. The Morgan fingerprint density at radius 1 is 1.24 bits per heavy atom. The lowest BCUT2D eigenvalue weighted by Gasteiger charge is -2.31. The van der Waals surface area contributed by atoms with Crippen molar-refractivity contribution >= 4 is 34.4 Å². The summed E-state index contributed by atoms with van der Waals surface area (Å²) < 4.78 is 33.1. The minimum absolute atomic E-state index is 0.0451. The molecule has 5 N–H and O–H groups in total. The van der Waals surface area contributed by atoms with E-state index in [1.54, 1.807) is 0 Å². The van der Waals surface area contributed by atoms with E-state index < -0.39 is 35.8 Å². The molecule has 3 rings (SSSR count). The van der Waals surface area contributed by atoms with Crippen molar-refractivity contribution in [2.75, 3.05) is 18.4 Å². The molecule has 1 atom stereocenters. The first-order chi connectivity index (χ1) is 13.8. The summed E-state index contributed by atoms with van der Waals surface area (Å²) in [7, 11) is 0. The molecule has 11 heteroatoms. The maximum absolute atomic E-state index is 14.1. The van der Waals surface area contributed by atoms with Crippen molar-refractivity contribution in [1.82, 2.24) is 4.90 Å². The second-order valence-electron chi connectivity index (χ2n) is 6.40. The third-order valence-corrected chi connectivity index (χ3v) is 5.45. The van der Waals surface area contributed by atoms with Crippen LogP contribution in [0.3, 0.4) is 0 Å². The molecule has 8 nitrogen and oxygen atoms in total. The molecule has 1 aromatic heterocycles. The number of hydrogen-bond donors (Lipinski definition) is 3. The van der Waals surface area contributed by atoms with Crippen LogP contribution in [-0.4, -0.2) is 42.1 Å². The van der Waals surface area contributed by atoms with Crippen LogP contribution in [0.25, 0.3) is 10.4 Å². The smallest absolute Gasteiger partial charge is 0.341 e. The number of nitrogens with one attached hydrogen (secondary N) is 1. The quantitative estimate of drug-likeness (QED) is 0.652. The van der Waals surface area contributed by atoms with Crippen molar-refractivity contribution < 1.29 is 27.9 Å². The number of carbonyl (C=O) groups is 3. The molecule has 0 saturated carbocycles. The number of rotatable bonds is 4. The number of carbonyl (C=O) groups excluding carboxylic acids is 3. The van der Waals surface area contributed by atoms with Crippen molar-refractivity contribution in [3.05, 3.63) is 41.5 Å². The summed E-state index contributed by atoms with van der Waals surface area (Å²) in [6.45, 7) is 0.620. The average Bonchev–Trinajstić information content (AvgIpc) is 3.07. The number of piperidine rings is 1. The molecule has 154 valence electrons. The van der Waals surface area contributed by atoms with Gasteiger partial charge in [0.2, 0.25) is 0 Å². The zero-order chi connectivity index (χ0) is 21.1. The molecule has 0 spiro atoms. The molecule has 0 aliphatic carbocycles. The Morgan fingerprint density at radius 2 is 2.00 bits per heavy atom. The van der Waals surface area contributed by atoms with E-state index in [9.17, 15) is 23.2 Å². The molecule has 2 aromatic rings. The fourth-order valence-corrected chi connectivity index (χ4v) is 4.09. The molecular formula is C18H18F2N4O4S. The van der Waals surface area contributed by atoms with E-state index in [0.29, 0.717) is 19.4 Å². The Morgan fingerprint density at radius 3 is 2.69 bits per heavy atom. The third-order valence-electron chi connectivity index (χ3n) is 4.37. The number of hydrogen-bond acceptors (Lipinski definition) is 5. The van der Waals surface area contributed by atoms with Crippen LogP contribution in [0.1, 0.15) is 23.2 Å². The van der Waals surface area contributed by atoms with Gasteiger partial charge in [-0.25, -0.2) is 23.2 Å². The molecule has 1 fully saturated rings. The van der Waals surface area contributed by atoms with Crippen molar-refractivity contribution in [2.24, 2.45) is 11.5 Å². The van der Waals surface area contributed by atoms with E-state index in [1.165, 1.54) is 23.1 Å². The van der Waals surface area contributed by atoms with Crippen LogP contribution in [-0.2, 0) is 4.74 Å². The van der Waals surface area contributed by atoms with Crippen molar-refractivity contribution in [1.29, 1.82) is 0 Å². The number of esters is 1. The van der Waals surface area contributed by atoms with E-state index in [1.807, 2.05) is 0 Å². The molecule has 1 saturated heterocycles. The lowest BCUT2D eigenvalue weighted by atomic mass is 10.1. The van der Waals surface area contributed by atoms with Gasteiger partial charge in [0.15, 0.2) is 11.6 Å². The van der Waals surface area contributed by atoms with Gasteiger partial charge in [-0.2, -0.15) is 0 Å². The molecule has 1 aromatic carbocycles. The number of urea groups is 2. The van der Waals surface area contributed by atoms with Crippen LogP contribution in [0, 0.1) is 11.6 Å². The maximum Gasteiger partial charge on any atom is 0.341 e. The first-order valence-electron chi connectivity index (χ1n) is 8.66. The number of ether oxygens (including phenoxy) is 1. The highest BCUT2D eigenvalue weighted by Crippen LogP contribution is 2.37. The average molecular weight is 424 g/mol. The predicted octanol–water partition coefficient (Wildman–Crippen LogP) is 2.88. The van der Waals surface area contributed by atoms with Gasteiger partial charge in [-0.15, -0.1) is 11.3 Å². The van der Waals surface area contributed by atoms with Crippen LogP contribution in [0.5, 0.6) is 0 Å². The number of amides is 4. The molecule has 4 amide bonds. The normalized spacial score (nSPS) is 16.3. The molecule has 0 radical (unpaired) electrons. The van der Waals surface area contributed by atoms with E-state index in [-0.39, 0.29) is 27.5 Å². The summed E-state index contributed by atoms with van der Waals surface area (Å²) in [5.74, 6) is -2.91. The van der Waals surface area contributed by atoms with E-state index >= 15 is 0 Å². The van der Waals surface area contributed by atoms with Gasteiger partial charge in [0.25, 0.3) is 0 Å². The number of primary amides is 2. The summed E-state index contributed by atoms with van der Waals surface area (Å²) in [6.07, 6.45) is 0.555. The minimum atomic E-state index is -1.08. The molecule has 0 bridgehead atoms. The third kappa shape index (κ3) is 4.62. The zero-order valence-electron chi connectivity index (χ0n) is 15.1. The molecule has 1 aliphatic rings. The topological polar surface area (TPSA) is 128 Å². The van der Waals surface area contributed by atoms with Crippen LogP contribution >= 0.6 is 11.3 Å². The Labute approximate surface area is 168 Å². The number of nitrogens with zero attached hydrogens (tertiary/aromatic N) is 1. The molecule has 29 heavy (non-hydrogen) atoms. The Hall–Kier alpha value is -3.21. The number of thiophene rings is 1. The fraction of sp³-hybridized carbons (Fsp3) is 0.278. The highest BCUT2D eigenvalue weighted by Gasteiger charge is 2.28. The fourth-order valence-electron chi connectivity index (χ4n) is 3.02. The summed E-state index contributed by atoms with van der Waals surface area (Å²) in [5.41, 5.74) is 10.3. The number of halogens is 2. The van der Waals surface area contributed by atoms with Gasteiger partial charge in [0, 0.05) is 17.0 Å². The maximum atomic E-state index is 14.1. The van der Waals surface area contributed by atoms with Crippen molar-refractivity contribution in [3.63, 3.8) is 0 Å². The number of benzene rings is 1. The molecule has 1 aliphatic heterocycles. The highest BCUT2D eigenvalue weighted by atomic mass is 32.1. The second kappa shape index (κ2) is 8.43. The van der Waals surface area contributed by atoms with Gasteiger partial charge in [0.05, 0.1) is 12.1 Å². The lowest BCUT2D eigenvalue weighted by Crippen LogP contribution is -2.46. The Balaban J connectivity index is 1.88. The zero-order valence-corrected chi connectivity index (χ0v) is 15.9. The Kier molecular flexibility index (Phi) is 5.97. The summed E-state index contributed by atoms with van der Waals surface area (Å²) >= 11 is 0.856. The highest BCUT2D eigenvalue weighted by molar-refractivity contribution is 7.20. The lowest BCUT2D eigenvalue weighted by molar-refractivity contribution is 0.0129. The SMILES string of the molecule is NC(=O)Nc1sc(-c2cccc(F)c2F)cc1C(=O)OC1CCCN(C(N)=O)C1. The molecule has 2 heterocycles. The first-order valence-corrected chi connectivity index (χ1v) is 9.48. The van der Waals surface area contributed by atoms with Gasteiger partial charge in [-0.3, -0.25) is 5.32 Å². The van der Waals surface area contributed by atoms with Crippen LogP contribution in [0.2, 0.25) is 0 Å². The first kappa shape index (κ1) is 20.5. The monoisotopic (exact) mass is 424 g/mol. The van der Waals surface area contributed by atoms with Crippen LogP contribution in [0.4, 0.5) is 23.4 Å². The van der Waals surface area contributed by atoms with Crippen molar-refractivity contribution in [2.45, 2.75) is 18.9 Å². The van der Waals surface area contributed by atoms with Crippen LogP contribution < -0.4 is 16.8 Å². The summed E-state index contributed by atoms with van der Waals surface area (Å²) in [5, 5.41) is 2.34. The van der Waals surface area contributed by atoms with Crippen LogP contribution in [0.15, 0.2) is 24.3 Å². The van der Waals surface area contributed by atoms with Gasteiger partial charge in [-0.1, -0.05) is 12.1 Å². The number of nitrogens with two attached hydrogens (primary N) is 2. The van der Waals surface area contributed by atoms with Gasteiger partial charge >= 0.3 is 18.0 Å². The standard InChI is InChI=1S/C18H18F2N4O4S/c19-12-5-1-4-10(14(12)20)13-7-11(15(29-13)23-17(21)26)16(25)28-9-3-2-6-24(8-9)18(22)27/h1,4-5,7,9H,2-3,6,8H2,(H2,22,27)(H3,21,23,26). The Bertz CT molecular complexity index is 965. The van der Waals surface area contributed by atoms with Gasteiger partial charge in [-0.05, 0) is 25.0 Å². The molecule has 1 unspecified atom stereocenters. The summed E-state index contributed by atoms with van der Waals surface area (Å²) in [4.78, 5) is 36.9. The van der Waals surface area contributed by atoms with Crippen molar-refractivity contribution in [3.8, 4) is 10.4 Å². The minimum Gasteiger partial charge on any atom is -0.457 e. The second-order valence-corrected chi connectivity index (χ2v) is 7.45. The summed E-state index contributed by atoms with van der Waals surface area (Å²) in [6, 6.07) is 3.40. The number of likely N-dealkylation sites (tertiary alicyclic amines) is 1. The van der Waals surface area contributed by atoms with E-state index in [4.69, 9.17) is 16.2 Å². The molecular weight excluding hydrogens is 406 g/mol. The van der Waals surface area contributed by atoms with Gasteiger partial charge in [0.1, 0.15) is 11.1 Å².